The lowest BCUT2D eigenvalue weighted by atomic mass is 10.0. The fourth-order valence-electron chi connectivity index (χ4n) is 4.29. The van der Waals surface area contributed by atoms with E-state index in [0.29, 0.717) is 37.4 Å². The van der Waals surface area contributed by atoms with Gasteiger partial charge in [0, 0.05) is 30.8 Å². The molecule has 1 amide bonds. The van der Waals surface area contributed by atoms with Crippen molar-refractivity contribution in [3.05, 3.63) is 48.0 Å². The molecule has 2 aromatic carbocycles. The van der Waals surface area contributed by atoms with Crippen LogP contribution in [-0.4, -0.2) is 45.9 Å². The molecule has 0 spiro atoms. The van der Waals surface area contributed by atoms with Gasteiger partial charge in [-0.1, -0.05) is 0 Å². The molecule has 2 saturated heterocycles. The van der Waals surface area contributed by atoms with Gasteiger partial charge in [0.1, 0.15) is 11.5 Å². The second kappa shape index (κ2) is 8.28. The number of carbonyl (C=O) groups is 1. The number of sulfonamides is 1. The van der Waals surface area contributed by atoms with Crippen molar-refractivity contribution in [2.75, 3.05) is 32.2 Å². The highest BCUT2D eigenvalue weighted by atomic mass is 32.2. The summed E-state index contributed by atoms with van der Waals surface area (Å²) in [6.07, 6.45) is 2.85. The maximum absolute atomic E-state index is 13.4. The summed E-state index contributed by atoms with van der Waals surface area (Å²) < 4.78 is 39.3. The fraction of sp³-hybridized carbons (Fsp3) is 0.409. The van der Waals surface area contributed by atoms with Crippen LogP contribution in [-0.2, 0) is 14.8 Å². The zero-order valence-corrected chi connectivity index (χ0v) is 18.0. The third-order valence-electron chi connectivity index (χ3n) is 5.83. The molecule has 2 fully saturated rings. The topological polar surface area (TPSA) is 76.2 Å². The van der Waals surface area contributed by atoms with Gasteiger partial charge in [0.25, 0.3) is 0 Å². The molecule has 7 nitrogen and oxygen atoms in total. The van der Waals surface area contributed by atoms with Gasteiger partial charge in [-0.2, -0.15) is 4.31 Å². The average molecular weight is 431 g/mol. The van der Waals surface area contributed by atoms with Gasteiger partial charge in [-0.3, -0.25) is 4.79 Å². The first-order chi connectivity index (χ1) is 14.5. The summed E-state index contributed by atoms with van der Waals surface area (Å²) in [5.74, 6) is 1.39. The summed E-state index contributed by atoms with van der Waals surface area (Å²) in [5, 5.41) is 0. The first-order valence-electron chi connectivity index (χ1n) is 10.1. The smallest absolute Gasteiger partial charge is 0.243 e. The second-order valence-electron chi connectivity index (χ2n) is 7.52. The molecule has 2 aliphatic heterocycles. The summed E-state index contributed by atoms with van der Waals surface area (Å²) >= 11 is 0. The number of amides is 1. The molecular formula is C22H26N2O5S. The Morgan fingerprint density at radius 2 is 1.73 bits per heavy atom. The normalized spacial score (nSPS) is 20.0. The Bertz CT molecular complexity index is 1040. The molecule has 30 heavy (non-hydrogen) atoms. The Hall–Kier alpha value is -2.58. The molecule has 2 heterocycles. The fourth-order valence-corrected chi connectivity index (χ4v) is 5.97. The van der Waals surface area contributed by atoms with Crippen LogP contribution >= 0.6 is 0 Å². The van der Waals surface area contributed by atoms with Crippen LogP contribution in [0, 0.1) is 0 Å². The summed E-state index contributed by atoms with van der Waals surface area (Å²) in [6, 6.07) is 11.7. The molecule has 2 aliphatic rings. The van der Waals surface area contributed by atoms with Gasteiger partial charge >= 0.3 is 0 Å². The lowest BCUT2D eigenvalue weighted by Crippen LogP contribution is -2.31. The van der Waals surface area contributed by atoms with E-state index >= 15 is 0 Å². The number of nitrogens with zero attached hydrogens (tertiary/aromatic N) is 2. The number of ether oxygens (including phenoxy) is 2. The van der Waals surface area contributed by atoms with E-state index in [-0.39, 0.29) is 16.8 Å². The Morgan fingerprint density at radius 1 is 0.967 bits per heavy atom. The average Bonchev–Trinajstić information content (AvgIpc) is 3.43. The number of rotatable bonds is 6. The van der Waals surface area contributed by atoms with E-state index in [9.17, 15) is 13.2 Å². The van der Waals surface area contributed by atoms with E-state index in [1.807, 2.05) is 6.07 Å². The van der Waals surface area contributed by atoms with E-state index < -0.39 is 10.0 Å². The molecule has 1 atom stereocenters. The van der Waals surface area contributed by atoms with E-state index in [4.69, 9.17) is 9.47 Å². The molecule has 1 unspecified atom stereocenters. The van der Waals surface area contributed by atoms with Crippen LogP contribution < -0.4 is 14.4 Å². The third-order valence-corrected chi connectivity index (χ3v) is 7.75. The quantitative estimate of drug-likeness (QED) is 0.702. The number of carbonyl (C=O) groups excluding carboxylic acids is 1. The number of benzene rings is 2. The minimum absolute atomic E-state index is 0.0790. The van der Waals surface area contributed by atoms with Crippen molar-refractivity contribution in [1.29, 1.82) is 0 Å². The Labute approximate surface area is 177 Å². The summed E-state index contributed by atoms with van der Waals surface area (Å²) in [4.78, 5) is 13.9. The van der Waals surface area contributed by atoms with Crippen molar-refractivity contribution in [3.63, 3.8) is 0 Å². The molecule has 0 saturated carbocycles. The Balaban J connectivity index is 1.64. The molecule has 0 N–H and O–H groups in total. The van der Waals surface area contributed by atoms with Gasteiger partial charge in [0.15, 0.2) is 0 Å². The highest BCUT2D eigenvalue weighted by molar-refractivity contribution is 7.89. The largest absolute Gasteiger partial charge is 0.497 e. The predicted molar refractivity (Wildman–Crippen MR) is 113 cm³/mol. The van der Waals surface area contributed by atoms with Gasteiger partial charge in [0.2, 0.25) is 15.9 Å². The number of hydrogen-bond acceptors (Lipinski definition) is 5. The summed E-state index contributed by atoms with van der Waals surface area (Å²) in [6.45, 7) is 1.12. The maximum atomic E-state index is 13.4. The Morgan fingerprint density at radius 3 is 2.37 bits per heavy atom. The second-order valence-corrected chi connectivity index (χ2v) is 9.42. The van der Waals surface area contributed by atoms with E-state index in [1.165, 1.54) is 0 Å². The third kappa shape index (κ3) is 3.65. The molecule has 0 bridgehead atoms. The zero-order chi connectivity index (χ0) is 21.3. The minimum Gasteiger partial charge on any atom is -0.497 e. The van der Waals surface area contributed by atoms with Gasteiger partial charge in [0.05, 0.1) is 25.2 Å². The van der Waals surface area contributed by atoms with Gasteiger partial charge < -0.3 is 14.4 Å². The zero-order valence-electron chi connectivity index (χ0n) is 17.2. The highest BCUT2D eigenvalue weighted by Crippen LogP contribution is 2.41. The molecule has 0 radical (unpaired) electrons. The van der Waals surface area contributed by atoms with Crippen LogP contribution in [0.15, 0.2) is 47.4 Å². The summed E-state index contributed by atoms with van der Waals surface area (Å²) in [5.41, 5.74) is 1.54. The minimum atomic E-state index is -3.70. The number of hydrogen-bond donors (Lipinski definition) is 0. The lowest BCUT2D eigenvalue weighted by molar-refractivity contribution is -0.117. The van der Waals surface area contributed by atoms with Crippen molar-refractivity contribution < 1.29 is 22.7 Å². The van der Waals surface area contributed by atoms with Crippen LogP contribution in [0.3, 0.4) is 0 Å². The number of anilines is 1. The Kier molecular flexibility index (Phi) is 5.71. The molecule has 2 aromatic rings. The molecule has 4 rings (SSSR count). The summed E-state index contributed by atoms with van der Waals surface area (Å²) in [7, 11) is -0.535. The van der Waals surface area contributed by atoms with Crippen LogP contribution in [0.4, 0.5) is 5.69 Å². The molecule has 160 valence electrons. The van der Waals surface area contributed by atoms with Gasteiger partial charge in [-0.05, 0) is 61.7 Å². The van der Waals surface area contributed by atoms with Crippen LogP contribution in [0.2, 0.25) is 0 Å². The first kappa shape index (κ1) is 20.7. The van der Waals surface area contributed by atoms with Crippen LogP contribution in [0.25, 0.3) is 0 Å². The van der Waals surface area contributed by atoms with E-state index in [1.54, 1.807) is 59.8 Å². The standard InChI is InChI=1S/C22H26N2O5S/c1-28-17-9-12-21(29-2)19(15-17)20-5-3-14-24(20)30(26,27)18-10-7-16(8-11-18)23-13-4-6-22(23)25/h7-12,15,20H,3-6,13-14H2,1-2H3. The highest BCUT2D eigenvalue weighted by Gasteiger charge is 2.38. The van der Waals surface area contributed by atoms with Crippen molar-refractivity contribution >= 4 is 21.6 Å². The number of methoxy groups -OCH3 is 2. The van der Waals surface area contributed by atoms with Crippen molar-refractivity contribution in [1.82, 2.24) is 4.31 Å². The maximum Gasteiger partial charge on any atom is 0.243 e. The van der Waals surface area contributed by atoms with Crippen molar-refractivity contribution in [3.8, 4) is 11.5 Å². The van der Waals surface area contributed by atoms with Gasteiger partial charge in [-0.25, -0.2) is 8.42 Å². The molecule has 8 heteroatoms. The van der Waals surface area contributed by atoms with Gasteiger partial charge in [-0.15, -0.1) is 0 Å². The molecule has 0 aromatic heterocycles. The molecular weight excluding hydrogens is 404 g/mol. The van der Waals surface area contributed by atoms with Crippen LogP contribution in [0.1, 0.15) is 37.3 Å². The predicted octanol–water partition coefficient (Wildman–Crippen LogP) is 3.36. The lowest BCUT2D eigenvalue weighted by Gasteiger charge is -2.26. The van der Waals surface area contributed by atoms with Crippen molar-refractivity contribution in [2.45, 2.75) is 36.6 Å². The van der Waals surface area contributed by atoms with Crippen LogP contribution in [0.5, 0.6) is 11.5 Å². The monoisotopic (exact) mass is 430 g/mol. The molecule has 0 aliphatic carbocycles. The van der Waals surface area contributed by atoms with Crippen molar-refractivity contribution in [2.24, 2.45) is 0 Å². The van der Waals surface area contributed by atoms with E-state index in [2.05, 4.69) is 0 Å². The SMILES string of the molecule is COc1ccc(OC)c(C2CCCN2S(=O)(=O)c2ccc(N3CCCC3=O)cc2)c1. The van der Waals surface area contributed by atoms with E-state index in [0.717, 1.165) is 24.1 Å². The first-order valence-corrected chi connectivity index (χ1v) is 11.5.